The largest absolute Gasteiger partial charge is 0.416 e. The van der Waals surface area contributed by atoms with Gasteiger partial charge in [-0.25, -0.2) is 18.5 Å². The zero-order valence-corrected chi connectivity index (χ0v) is 19.1. The van der Waals surface area contributed by atoms with E-state index in [0.29, 0.717) is 16.7 Å². The molecule has 0 aliphatic rings. The average Bonchev–Trinajstić information content (AvgIpc) is 3.14. The van der Waals surface area contributed by atoms with E-state index in [4.69, 9.17) is 10.9 Å². The number of sulfonamides is 1. The second-order valence-corrected chi connectivity index (χ2v) is 9.39. The fourth-order valence-corrected chi connectivity index (χ4v) is 4.36. The number of fused-ring (bicyclic) bond motifs is 1. The summed E-state index contributed by atoms with van der Waals surface area (Å²) >= 11 is 0. The number of alkyl halides is 3. The van der Waals surface area contributed by atoms with Gasteiger partial charge in [-0.1, -0.05) is 18.2 Å². The van der Waals surface area contributed by atoms with Gasteiger partial charge < -0.3 is 15.6 Å². The van der Waals surface area contributed by atoms with Crippen LogP contribution in [-0.2, 0) is 16.2 Å². The second kappa shape index (κ2) is 8.71. The minimum atomic E-state index is -4.57. The molecule has 182 valence electrons. The molecule has 0 spiro atoms. The van der Waals surface area contributed by atoms with E-state index in [9.17, 15) is 26.4 Å². The van der Waals surface area contributed by atoms with Crippen LogP contribution in [0.4, 0.5) is 24.8 Å². The molecule has 3 aromatic carbocycles. The number of hydrogen-bond acceptors (Lipinski definition) is 5. The van der Waals surface area contributed by atoms with Gasteiger partial charge in [-0.3, -0.25) is 4.79 Å². The number of nitrogens with two attached hydrogens (primary N) is 2. The van der Waals surface area contributed by atoms with Gasteiger partial charge in [0.15, 0.2) is 0 Å². The molecule has 0 unspecified atom stereocenters. The highest BCUT2D eigenvalue weighted by Crippen LogP contribution is 2.38. The molecule has 4 rings (SSSR count). The molecule has 0 bridgehead atoms. The van der Waals surface area contributed by atoms with Crippen LogP contribution in [0.3, 0.4) is 0 Å². The molecule has 1 heterocycles. The van der Waals surface area contributed by atoms with Crippen LogP contribution in [0.1, 0.15) is 34.5 Å². The lowest BCUT2D eigenvalue weighted by atomic mass is 10.0. The monoisotopic (exact) mass is 503 g/mol. The molecule has 4 aromatic rings. The first-order valence-electron chi connectivity index (χ1n) is 10.2. The standard InChI is InChI=1S/C23H20F3N5O3S/c1-13(17-4-2-3-5-18(17)23(24,25)26)31-20-11-6-14(21(27)32)12-19(20)30-22(31)29-15-7-9-16(10-8-15)35(28,33)34/h2-13H,1H3,(H2,27,32)(H,29,30)(H2,28,33,34)/t13-/m1/s1. The minimum Gasteiger partial charge on any atom is -0.366 e. The summed E-state index contributed by atoms with van der Waals surface area (Å²) in [4.78, 5) is 16.0. The molecule has 35 heavy (non-hydrogen) atoms. The fourth-order valence-electron chi connectivity index (χ4n) is 3.85. The maximum Gasteiger partial charge on any atom is 0.416 e. The molecular weight excluding hydrogens is 483 g/mol. The van der Waals surface area contributed by atoms with Crippen LogP contribution in [0.5, 0.6) is 0 Å². The maximum atomic E-state index is 13.7. The molecular formula is C23H20F3N5O3S. The Morgan fingerprint density at radius 1 is 1.06 bits per heavy atom. The van der Waals surface area contributed by atoms with Crippen LogP contribution in [0.2, 0.25) is 0 Å². The van der Waals surface area contributed by atoms with Crippen molar-refractivity contribution in [1.29, 1.82) is 0 Å². The lowest BCUT2D eigenvalue weighted by Gasteiger charge is -2.22. The molecule has 0 fully saturated rings. The lowest BCUT2D eigenvalue weighted by Crippen LogP contribution is -2.16. The Morgan fingerprint density at radius 2 is 1.71 bits per heavy atom. The van der Waals surface area contributed by atoms with E-state index in [1.54, 1.807) is 17.6 Å². The van der Waals surface area contributed by atoms with Gasteiger partial charge in [0.05, 0.1) is 27.5 Å². The second-order valence-electron chi connectivity index (χ2n) is 7.83. The Balaban J connectivity index is 1.87. The first-order valence-corrected chi connectivity index (χ1v) is 11.8. The molecule has 0 aliphatic carbocycles. The van der Waals surface area contributed by atoms with Gasteiger partial charge in [-0.15, -0.1) is 0 Å². The summed E-state index contributed by atoms with van der Waals surface area (Å²) in [5, 5.41) is 8.15. The fraction of sp³-hybridized carbons (Fsp3) is 0.130. The number of rotatable bonds is 6. The van der Waals surface area contributed by atoms with Gasteiger partial charge in [0.25, 0.3) is 0 Å². The van der Waals surface area contributed by atoms with Gasteiger partial charge in [-0.05, 0) is 61.0 Å². The minimum absolute atomic E-state index is 0.0194. The number of nitrogens with one attached hydrogen (secondary N) is 1. The maximum absolute atomic E-state index is 13.7. The molecule has 0 aliphatic heterocycles. The number of carbonyl (C=O) groups excluding carboxylic acids is 1. The molecule has 0 saturated heterocycles. The van der Waals surface area contributed by atoms with Crippen molar-refractivity contribution in [1.82, 2.24) is 9.55 Å². The predicted molar refractivity (Wildman–Crippen MR) is 125 cm³/mol. The first kappa shape index (κ1) is 24.2. The summed E-state index contributed by atoms with van der Waals surface area (Å²) in [7, 11) is -3.90. The summed E-state index contributed by atoms with van der Waals surface area (Å²) in [6.45, 7) is 1.60. The number of anilines is 2. The lowest BCUT2D eigenvalue weighted by molar-refractivity contribution is -0.138. The number of imidazole rings is 1. The van der Waals surface area contributed by atoms with Gasteiger partial charge >= 0.3 is 6.18 Å². The Kier molecular flexibility index (Phi) is 6.03. The van der Waals surface area contributed by atoms with Crippen LogP contribution in [-0.4, -0.2) is 23.9 Å². The quantitative estimate of drug-likeness (QED) is 0.364. The molecule has 0 radical (unpaired) electrons. The normalized spacial score (nSPS) is 13.1. The number of hydrogen-bond donors (Lipinski definition) is 3. The number of halogens is 3. The van der Waals surface area contributed by atoms with Crippen LogP contribution in [0.25, 0.3) is 11.0 Å². The number of primary sulfonamides is 1. The van der Waals surface area contributed by atoms with Crippen molar-refractivity contribution < 1.29 is 26.4 Å². The van der Waals surface area contributed by atoms with Crippen molar-refractivity contribution in [3.63, 3.8) is 0 Å². The summed E-state index contributed by atoms with van der Waals surface area (Å²) in [5.41, 5.74) is 6.00. The van der Waals surface area contributed by atoms with E-state index in [1.807, 2.05) is 0 Å². The molecule has 1 aromatic heterocycles. The SMILES string of the molecule is C[C@H](c1ccccc1C(F)(F)F)n1c(Nc2ccc(S(N)(=O)=O)cc2)nc2cc(C(N)=O)ccc21. The van der Waals surface area contributed by atoms with Crippen LogP contribution < -0.4 is 16.2 Å². The van der Waals surface area contributed by atoms with E-state index in [1.165, 1.54) is 54.6 Å². The van der Waals surface area contributed by atoms with Crippen molar-refractivity contribution in [2.75, 3.05) is 5.32 Å². The zero-order chi connectivity index (χ0) is 25.5. The number of benzene rings is 3. The van der Waals surface area contributed by atoms with Gasteiger partial charge in [0, 0.05) is 11.3 Å². The number of amides is 1. The van der Waals surface area contributed by atoms with E-state index < -0.39 is 33.7 Å². The molecule has 5 N–H and O–H groups in total. The third kappa shape index (κ3) is 4.84. The summed E-state index contributed by atoms with van der Waals surface area (Å²) in [6.07, 6.45) is -4.57. The van der Waals surface area contributed by atoms with Crippen molar-refractivity contribution in [2.24, 2.45) is 10.9 Å². The highest BCUT2D eigenvalue weighted by atomic mass is 32.2. The number of primary amides is 1. The van der Waals surface area contributed by atoms with E-state index in [-0.39, 0.29) is 22.0 Å². The molecule has 12 heteroatoms. The van der Waals surface area contributed by atoms with Crippen LogP contribution in [0, 0.1) is 0 Å². The van der Waals surface area contributed by atoms with Crippen molar-refractivity contribution >= 4 is 38.6 Å². The molecule has 1 amide bonds. The third-order valence-electron chi connectivity index (χ3n) is 5.52. The predicted octanol–water partition coefficient (Wildman–Crippen LogP) is 4.15. The van der Waals surface area contributed by atoms with Gasteiger partial charge in [0.1, 0.15) is 0 Å². The van der Waals surface area contributed by atoms with Crippen LogP contribution in [0.15, 0.2) is 71.6 Å². The van der Waals surface area contributed by atoms with Crippen molar-refractivity contribution in [3.8, 4) is 0 Å². The summed E-state index contributed by atoms with van der Waals surface area (Å²) in [6, 6.07) is 14.4. The Morgan fingerprint density at radius 3 is 2.31 bits per heavy atom. The Hall–Kier alpha value is -3.90. The summed E-state index contributed by atoms with van der Waals surface area (Å²) < 4.78 is 65.8. The number of aromatic nitrogens is 2. The number of carbonyl (C=O) groups is 1. The van der Waals surface area contributed by atoms with Crippen LogP contribution >= 0.6 is 0 Å². The molecule has 0 saturated carbocycles. The highest BCUT2D eigenvalue weighted by Gasteiger charge is 2.35. The summed E-state index contributed by atoms with van der Waals surface area (Å²) in [5.74, 6) is -0.500. The highest BCUT2D eigenvalue weighted by molar-refractivity contribution is 7.89. The number of nitrogens with zero attached hydrogens (tertiary/aromatic N) is 2. The first-order chi connectivity index (χ1) is 16.4. The van der Waals surface area contributed by atoms with Crippen molar-refractivity contribution in [2.45, 2.75) is 24.0 Å². The van der Waals surface area contributed by atoms with Crippen molar-refractivity contribution in [3.05, 3.63) is 83.4 Å². The Labute approximate surface area is 198 Å². The molecule has 8 nitrogen and oxygen atoms in total. The van der Waals surface area contributed by atoms with Gasteiger partial charge in [-0.2, -0.15) is 13.2 Å². The average molecular weight is 504 g/mol. The smallest absolute Gasteiger partial charge is 0.366 e. The molecule has 1 atom stereocenters. The third-order valence-corrected chi connectivity index (χ3v) is 6.45. The van der Waals surface area contributed by atoms with E-state index in [2.05, 4.69) is 10.3 Å². The van der Waals surface area contributed by atoms with E-state index in [0.717, 1.165) is 6.07 Å². The van der Waals surface area contributed by atoms with E-state index >= 15 is 0 Å². The topological polar surface area (TPSA) is 133 Å². The zero-order valence-electron chi connectivity index (χ0n) is 18.2. The van der Waals surface area contributed by atoms with Gasteiger partial charge in [0.2, 0.25) is 21.9 Å². The Bertz CT molecular complexity index is 1530.